The summed E-state index contributed by atoms with van der Waals surface area (Å²) in [6, 6.07) is 20.4. The van der Waals surface area contributed by atoms with Crippen LogP contribution in [0.2, 0.25) is 0 Å². The molecule has 0 aliphatic rings. The van der Waals surface area contributed by atoms with Gasteiger partial charge in [0.2, 0.25) is 5.88 Å². The molecule has 0 spiro atoms. The molecule has 4 heteroatoms. The molecule has 3 aromatic rings. The Morgan fingerprint density at radius 2 is 1.29 bits per heavy atom. The van der Waals surface area contributed by atoms with E-state index in [9.17, 15) is 0 Å². The molecule has 0 saturated heterocycles. The number of nitrogens with two attached hydrogens (primary N) is 1. The van der Waals surface area contributed by atoms with Crippen LogP contribution in [0.1, 0.15) is 0 Å². The smallest absolute Gasteiger partial charge is 0.242 e. The maximum Gasteiger partial charge on any atom is 0.242 e. The summed E-state index contributed by atoms with van der Waals surface area (Å²) in [4.78, 5) is 4.09. The Hall–Kier alpha value is -3.01. The van der Waals surface area contributed by atoms with E-state index in [0.717, 1.165) is 11.5 Å². The predicted octanol–water partition coefficient (Wildman–Crippen LogP) is 4.25. The molecular formula is C17H14N2O2. The van der Waals surface area contributed by atoms with E-state index >= 15 is 0 Å². The van der Waals surface area contributed by atoms with E-state index in [0.29, 0.717) is 17.3 Å². The fraction of sp³-hybridized carbons (Fsp3) is 0. The molecule has 0 amide bonds. The molecule has 1 heterocycles. The lowest BCUT2D eigenvalue weighted by atomic mass is 10.3. The average Bonchev–Trinajstić information content (AvgIpc) is 2.52. The van der Waals surface area contributed by atoms with Crippen molar-refractivity contribution in [2.45, 2.75) is 0 Å². The minimum absolute atomic E-state index is 0.397. The fourth-order valence-electron chi connectivity index (χ4n) is 1.80. The fourth-order valence-corrected chi connectivity index (χ4v) is 1.80. The normalized spacial score (nSPS) is 10.1. The molecule has 4 nitrogen and oxygen atoms in total. The van der Waals surface area contributed by atoms with Gasteiger partial charge in [-0.25, -0.2) is 4.98 Å². The average molecular weight is 278 g/mol. The summed E-state index contributed by atoms with van der Waals surface area (Å²) in [7, 11) is 0. The lowest BCUT2D eigenvalue weighted by Crippen LogP contribution is -1.94. The molecule has 1 aromatic heterocycles. The van der Waals surface area contributed by atoms with Crippen LogP contribution in [0.5, 0.6) is 23.1 Å². The number of hydrogen-bond donors (Lipinski definition) is 1. The van der Waals surface area contributed by atoms with Gasteiger partial charge in [-0.15, -0.1) is 0 Å². The quantitative estimate of drug-likeness (QED) is 0.775. The van der Waals surface area contributed by atoms with Crippen LogP contribution in [0.15, 0.2) is 72.9 Å². The van der Waals surface area contributed by atoms with Crippen molar-refractivity contribution >= 4 is 5.69 Å². The SMILES string of the molecule is Nc1cccnc1Oc1ccc(Oc2ccccc2)cc1. The summed E-state index contributed by atoms with van der Waals surface area (Å²) in [5.41, 5.74) is 6.29. The van der Waals surface area contributed by atoms with Crippen molar-refractivity contribution in [2.24, 2.45) is 0 Å². The first kappa shape index (κ1) is 13.0. The Balaban J connectivity index is 1.71. The maximum atomic E-state index is 5.79. The number of rotatable bonds is 4. The van der Waals surface area contributed by atoms with Gasteiger partial charge < -0.3 is 15.2 Å². The summed E-state index contributed by atoms with van der Waals surface area (Å²) in [5, 5.41) is 0. The molecule has 3 rings (SSSR count). The van der Waals surface area contributed by atoms with E-state index in [-0.39, 0.29) is 0 Å². The second-order valence-electron chi connectivity index (χ2n) is 4.39. The number of aromatic nitrogens is 1. The van der Waals surface area contributed by atoms with E-state index in [2.05, 4.69) is 4.98 Å². The minimum Gasteiger partial charge on any atom is -0.457 e. The molecule has 0 radical (unpaired) electrons. The largest absolute Gasteiger partial charge is 0.457 e. The first-order chi connectivity index (χ1) is 10.3. The summed E-state index contributed by atoms with van der Waals surface area (Å²) < 4.78 is 11.3. The second kappa shape index (κ2) is 5.96. The highest BCUT2D eigenvalue weighted by Crippen LogP contribution is 2.27. The molecule has 0 saturated carbocycles. The molecule has 0 unspecified atom stereocenters. The summed E-state index contributed by atoms with van der Waals surface area (Å²) in [5.74, 6) is 2.58. The molecular weight excluding hydrogens is 264 g/mol. The van der Waals surface area contributed by atoms with Crippen molar-refractivity contribution in [1.29, 1.82) is 0 Å². The van der Waals surface area contributed by atoms with Crippen LogP contribution in [-0.4, -0.2) is 4.98 Å². The molecule has 0 atom stereocenters. The molecule has 2 aromatic carbocycles. The third-order valence-corrected chi connectivity index (χ3v) is 2.82. The number of nitrogens with zero attached hydrogens (tertiary/aromatic N) is 1. The Bertz CT molecular complexity index is 712. The summed E-state index contributed by atoms with van der Waals surface area (Å²) in [6.07, 6.45) is 1.64. The van der Waals surface area contributed by atoms with Crippen LogP contribution >= 0.6 is 0 Å². The highest BCUT2D eigenvalue weighted by Gasteiger charge is 2.03. The number of para-hydroxylation sites is 1. The van der Waals surface area contributed by atoms with Gasteiger partial charge >= 0.3 is 0 Å². The topological polar surface area (TPSA) is 57.4 Å². The Morgan fingerprint density at radius 1 is 0.667 bits per heavy atom. The van der Waals surface area contributed by atoms with Gasteiger partial charge in [0.15, 0.2) is 0 Å². The van der Waals surface area contributed by atoms with E-state index < -0.39 is 0 Å². The number of benzene rings is 2. The monoisotopic (exact) mass is 278 g/mol. The van der Waals surface area contributed by atoms with Crippen molar-refractivity contribution < 1.29 is 9.47 Å². The number of hydrogen-bond acceptors (Lipinski definition) is 4. The zero-order valence-electron chi connectivity index (χ0n) is 11.3. The molecule has 2 N–H and O–H groups in total. The molecule has 0 bridgehead atoms. The van der Waals surface area contributed by atoms with Gasteiger partial charge in [0.25, 0.3) is 0 Å². The molecule has 21 heavy (non-hydrogen) atoms. The van der Waals surface area contributed by atoms with Crippen molar-refractivity contribution in [3.8, 4) is 23.1 Å². The van der Waals surface area contributed by atoms with Crippen LogP contribution in [-0.2, 0) is 0 Å². The van der Waals surface area contributed by atoms with Gasteiger partial charge in [-0.3, -0.25) is 0 Å². The van der Waals surface area contributed by atoms with Crippen molar-refractivity contribution in [2.75, 3.05) is 5.73 Å². The third kappa shape index (κ3) is 3.30. The molecule has 0 aliphatic heterocycles. The number of anilines is 1. The minimum atomic E-state index is 0.397. The van der Waals surface area contributed by atoms with Gasteiger partial charge in [0.1, 0.15) is 17.2 Å². The molecule has 0 fully saturated rings. The van der Waals surface area contributed by atoms with E-state index in [4.69, 9.17) is 15.2 Å². The summed E-state index contributed by atoms with van der Waals surface area (Å²) in [6.45, 7) is 0. The van der Waals surface area contributed by atoms with Gasteiger partial charge in [-0.05, 0) is 48.5 Å². The standard InChI is InChI=1S/C17H14N2O2/c18-16-7-4-12-19-17(16)21-15-10-8-14(9-11-15)20-13-5-2-1-3-6-13/h1-12H,18H2. The molecule has 104 valence electrons. The van der Waals surface area contributed by atoms with Crippen molar-refractivity contribution in [1.82, 2.24) is 4.98 Å². The Labute approximate surface area is 122 Å². The zero-order chi connectivity index (χ0) is 14.5. The van der Waals surface area contributed by atoms with E-state index in [1.165, 1.54) is 0 Å². The number of pyridine rings is 1. The van der Waals surface area contributed by atoms with E-state index in [1.807, 2.05) is 54.6 Å². The maximum absolute atomic E-state index is 5.79. The van der Waals surface area contributed by atoms with Gasteiger partial charge in [0.05, 0.1) is 5.69 Å². The van der Waals surface area contributed by atoms with Gasteiger partial charge in [0, 0.05) is 6.20 Å². The molecule has 0 aliphatic carbocycles. The Kier molecular flexibility index (Phi) is 3.69. The lowest BCUT2D eigenvalue weighted by molar-refractivity contribution is 0.458. The van der Waals surface area contributed by atoms with Crippen LogP contribution in [0, 0.1) is 0 Å². The number of nitrogen functional groups attached to an aromatic ring is 1. The van der Waals surface area contributed by atoms with Crippen molar-refractivity contribution in [3.05, 3.63) is 72.9 Å². The van der Waals surface area contributed by atoms with Gasteiger partial charge in [-0.1, -0.05) is 18.2 Å². The van der Waals surface area contributed by atoms with Crippen LogP contribution in [0.4, 0.5) is 5.69 Å². The Morgan fingerprint density at radius 3 is 1.95 bits per heavy atom. The number of ether oxygens (including phenoxy) is 2. The van der Waals surface area contributed by atoms with Crippen LogP contribution in [0.3, 0.4) is 0 Å². The summed E-state index contributed by atoms with van der Waals surface area (Å²) >= 11 is 0. The van der Waals surface area contributed by atoms with Crippen molar-refractivity contribution in [3.63, 3.8) is 0 Å². The van der Waals surface area contributed by atoms with Crippen LogP contribution < -0.4 is 15.2 Å². The zero-order valence-corrected chi connectivity index (χ0v) is 11.3. The van der Waals surface area contributed by atoms with Gasteiger partial charge in [-0.2, -0.15) is 0 Å². The van der Waals surface area contributed by atoms with Crippen LogP contribution in [0.25, 0.3) is 0 Å². The first-order valence-electron chi connectivity index (χ1n) is 6.52. The lowest BCUT2D eigenvalue weighted by Gasteiger charge is -2.08. The highest BCUT2D eigenvalue weighted by atomic mass is 16.5. The predicted molar refractivity (Wildman–Crippen MR) is 81.7 cm³/mol. The highest BCUT2D eigenvalue weighted by molar-refractivity contribution is 5.49. The third-order valence-electron chi connectivity index (χ3n) is 2.82. The second-order valence-corrected chi connectivity index (χ2v) is 4.39. The van der Waals surface area contributed by atoms with E-state index in [1.54, 1.807) is 18.3 Å². The first-order valence-corrected chi connectivity index (χ1v) is 6.52.